The van der Waals surface area contributed by atoms with E-state index in [4.69, 9.17) is 10.5 Å². The van der Waals surface area contributed by atoms with Gasteiger partial charge in [0.2, 0.25) is 0 Å². The molecule has 7 heteroatoms. The molecule has 0 heterocycles. The van der Waals surface area contributed by atoms with Crippen LogP contribution in [0.3, 0.4) is 0 Å². The Morgan fingerprint density at radius 2 is 1.86 bits per heavy atom. The molecular weight excluding hydrogens is 300 g/mol. The summed E-state index contributed by atoms with van der Waals surface area (Å²) in [4.78, 5) is -0.553. The first-order valence-electron chi connectivity index (χ1n) is 5.93. The van der Waals surface area contributed by atoms with E-state index in [-0.39, 0.29) is 0 Å². The number of nitrogen functional groups attached to an aromatic ring is 1. The Labute approximate surface area is 121 Å². The zero-order valence-electron chi connectivity index (χ0n) is 11.1. The van der Waals surface area contributed by atoms with Crippen LogP contribution in [0, 0.1) is 11.6 Å². The molecule has 0 aliphatic rings. The highest BCUT2D eigenvalue weighted by molar-refractivity contribution is 7.90. The number of ether oxygens (including phenoxy) is 1. The summed E-state index contributed by atoms with van der Waals surface area (Å²) in [5.41, 5.74) is 6.35. The summed E-state index contributed by atoms with van der Waals surface area (Å²) in [6, 6.07) is 6.83. The zero-order chi connectivity index (χ0) is 15.6. The molecule has 2 aromatic carbocycles. The number of hydrogen-bond acceptors (Lipinski definition) is 4. The average Bonchev–Trinajstić information content (AvgIpc) is 2.40. The molecule has 0 saturated heterocycles. The van der Waals surface area contributed by atoms with Gasteiger partial charge in [-0.1, -0.05) is 6.07 Å². The van der Waals surface area contributed by atoms with Gasteiger partial charge in [0.1, 0.15) is 22.3 Å². The lowest BCUT2D eigenvalue weighted by Crippen LogP contribution is -2.09. The van der Waals surface area contributed by atoms with Crippen molar-refractivity contribution in [3.63, 3.8) is 0 Å². The van der Waals surface area contributed by atoms with E-state index in [1.807, 2.05) is 0 Å². The molecule has 4 nitrogen and oxygen atoms in total. The third-order valence-electron chi connectivity index (χ3n) is 2.89. The molecule has 0 atom stereocenters. The highest BCUT2D eigenvalue weighted by Gasteiger charge is 2.22. The molecule has 0 aliphatic carbocycles. The molecule has 2 aromatic rings. The van der Waals surface area contributed by atoms with E-state index in [0.29, 0.717) is 23.1 Å². The zero-order valence-corrected chi connectivity index (χ0v) is 12.0. The van der Waals surface area contributed by atoms with Crippen LogP contribution in [0.25, 0.3) is 0 Å². The number of sulfone groups is 1. The molecule has 2 N–H and O–H groups in total. The van der Waals surface area contributed by atoms with Crippen molar-refractivity contribution in [1.82, 2.24) is 0 Å². The summed E-state index contributed by atoms with van der Waals surface area (Å²) in [7, 11) is -2.59. The van der Waals surface area contributed by atoms with E-state index in [2.05, 4.69) is 0 Å². The Balaban J connectivity index is 2.42. The summed E-state index contributed by atoms with van der Waals surface area (Å²) in [5.74, 6) is -2.14. The Kier molecular flexibility index (Phi) is 4.13. The van der Waals surface area contributed by atoms with Crippen LogP contribution in [-0.2, 0) is 15.6 Å². The highest BCUT2D eigenvalue weighted by Crippen LogP contribution is 2.27. The second-order valence-electron chi connectivity index (χ2n) is 4.41. The predicted octanol–water partition coefficient (Wildman–Crippen LogP) is 2.53. The van der Waals surface area contributed by atoms with Crippen molar-refractivity contribution in [2.45, 2.75) is 10.6 Å². The minimum Gasteiger partial charge on any atom is -0.496 e. The van der Waals surface area contributed by atoms with Crippen molar-refractivity contribution < 1.29 is 21.9 Å². The van der Waals surface area contributed by atoms with Crippen LogP contribution in [0.4, 0.5) is 14.5 Å². The molecule has 0 fully saturated rings. The second kappa shape index (κ2) is 5.69. The van der Waals surface area contributed by atoms with Gasteiger partial charge in [0.05, 0.1) is 12.9 Å². The Hall–Kier alpha value is -2.15. The van der Waals surface area contributed by atoms with Crippen LogP contribution in [0.2, 0.25) is 0 Å². The van der Waals surface area contributed by atoms with Gasteiger partial charge in [-0.2, -0.15) is 0 Å². The number of rotatable bonds is 4. The van der Waals surface area contributed by atoms with E-state index < -0.39 is 32.1 Å². The second-order valence-corrected chi connectivity index (χ2v) is 6.36. The third-order valence-corrected chi connectivity index (χ3v) is 4.58. The fourth-order valence-corrected chi connectivity index (χ4v) is 3.33. The molecule has 0 aromatic heterocycles. The van der Waals surface area contributed by atoms with Crippen molar-refractivity contribution in [1.29, 1.82) is 0 Å². The maximum absolute atomic E-state index is 13.6. The first-order chi connectivity index (χ1) is 9.83. The average molecular weight is 313 g/mol. The molecule has 112 valence electrons. The molecule has 2 rings (SSSR count). The molecule has 21 heavy (non-hydrogen) atoms. The Morgan fingerprint density at radius 3 is 2.48 bits per heavy atom. The van der Waals surface area contributed by atoms with Gasteiger partial charge in [-0.15, -0.1) is 0 Å². The minimum absolute atomic E-state index is 0.293. The quantitative estimate of drug-likeness (QED) is 0.695. The van der Waals surface area contributed by atoms with Crippen molar-refractivity contribution >= 4 is 15.5 Å². The SMILES string of the molecule is COc1cc(N)ccc1CS(=O)(=O)c1ccc(F)cc1F. The standard InChI is InChI=1S/C14H13F2NO3S/c1-20-13-7-11(17)4-2-9(13)8-21(18,19)14-5-3-10(15)6-12(14)16/h2-7H,8,17H2,1H3. The van der Waals surface area contributed by atoms with E-state index >= 15 is 0 Å². The number of hydrogen-bond donors (Lipinski definition) is 1. The molecule has 0 bridgehead atoms. The van der Waals surface area contributed by atoms with Crippen molar-refractivity contribution in [3.8, 4) is 5.75 Å². The van der Waals surface area contributed by atoms with Crippen LogP contribution < -0.4 is 10.5 Å². The number of halogens is 2. The lowest BCUT2D eigenvalue weighted by molar-refractivity contribution is 0.411. The predicted molar refractivity (Wildman–Crippen MR) is 74.7 cm³/mol. The van der Waals surface area contributed by atoms with E-state index in [0.717, 1.165) is 12.1 Å². The summed E-state index contributed by atoms with van der Waals surface area (Å²) in [5, 5.41) is 0. The molecular formula is C14H13F2NO3S. The lowest BCUT2D eigenvalue weighted by Gasteiger charge is -2.10. The fourth-order valence-electron chi connectivity index (χ4n) is 1.89. The molecule has 0 radical (unpaired) electrons. The molecule has 0 unspecified atom stereocenters. The van der Waals surface area contributed by atoms with Crippen LogP contribution >= 0.6 is 0 Å². The summed E-state index contributed by atoms with van der Waals surface area (Å²) >= 11 is 0. The first-order valence-corrected chi connectivity index (χ1v) is 7.59. The van der Waals surface area contributed by atoms with Gasteiger partial charge in [-0.3, -0.25) is 0 Å². The highest BCUT2D eigenvalue weighted by atomic mass is 32.2. The third kappa shape index (κ3) is 3.30. The smallest absolute Gasteiger partial charge is 0.185 e. The first kappa shape index (κ1) is 15.2. The van der Waals surface area contributed by atoms with Crippen LogP contribution in [-0.4, -0.2) is 15.5 Å². The monoisotopic (exact) mass is 313 g/mol. The maximum Gasteiger partial charge on any atom is 0.185 e. The van der Waals surface area contributed by atoms with E-state index in [1.54, 1.807) is 0 Å². The maximum atomic E-state index is 13.6. The van der Waals surface area contributed by atoms with Gasteiger partial charge in [0.15, 0.2) is 9.84 Å². The fraction of sp³-hybridized carbons (Fsp3) is 0.143. The Morgan fingerprint density at radius 1 is 1.14 bits per heavy atom. The molecule has 0 saturated carbocycles. The van der Waals surface area contributed by atoms with Gasteiger partial charge in [-0.05, 0) is 18.2 Å². The number of anilines is 1. The van der Waals surface area contributed by atoms with E-state index in [1.165, 1.54) is 25.3 Å². The van der Waals surface area contributed by atoms with Gasteiger partial charge in [0, 0.05) is 23.4 Å². The summed E-state index contributed by atoms with van der Waals surface area (Å²) < 4.78 is 56.0. The van der Waals surface area contributed by atoms with Crippen molar-refractivity contribution in [2.75, 3.05) is 12.8 Å². The van der Waals surface area contributed by atoms with Crippen LogP contribution in [0.15, 0.2) is 41.3 Å². The van der Waals surface area contributed by atoms with Gasteiger partial charge < -0.3 is 10.5 Å². The van der Waals surface area contributed by atoms with Crippen molar-refractivity contribution in [3.05, 3.63) is 53.6 Å². The van der Waals surface area contributed by atoms with Crippen molar-refractivity contribution in [2.24, 2.45) is 0 Å². The summed E-state index contributed by atoms with van der Waals surface area (Å²) in [6.07, 6.45) is 0. The number of nitrogens with two attached hydrogens (primary N) is 1. The topological polar surface area (TPSA) is 69.4 Å². The number of methoxy groups -OCH3 is 1. The van der Waals surface area contributed by atoms with Crippen LogP contribution in [0.1, 0.15) is 5.56 Å². The molecule has 0 spiro atoms. The van der Waals surface area contributed by atoms with Gasteiger partial charge >= 0.3 is 0 Å². The van der Waals surface area contributed by atoms with Gasteiger partial charge in [0.25, 0.3) is 0 Å². The minimum atomic E-state index is -3.97. The lowest BCUT2D eigenvalue weighted by atomic mass is 10.2. The molecule has 0 amide bonds. The van der Waals surface area contributed by atoms with E-state index in [9.17, 15) is 17.2 Å². The number of benzene rings is 2. The normalized spacial score (nSPS) is 11.4. The van der Waals surface area contributed by atoms with Crippen LogP contribution in [0.5, 0.6) is 5.75 Å². The molecule has 0 aliphatic heterocycles. The Bertz CT molecular complexity index is 776. The largest absolute Gasteiger partial charge is 0.496 e. The summed E-state index contributed by atoms with van der Waals surface area (Å²) in [6.45, 7) is 0. The van der Waals surface area contributed by atoms with Gasteiger partial charge in [-0.25, -0.2) is 17.2 Å².